The van der Waals surface area contributed by atoms with Crippen molar-refractivity contribution in [2.45, 2.75) is 129 Å². The molecule has 0 N–H and O–H groups in total. The number of esters is 7. The van der Waals surface area contributed by atoms with Crippen molar-refractivity contribution in [3.05, 3.63) is 0 Å². The Balaban J connectivity index is 2.43. The predicted molar refractivity (Wildman–Crippen MR) is 159 cm³/mol. The fourth-order valence-corrected chi connectivity index (χ4v) is 5.15. The van der Waals surface area contributed by atoms with E-state index < -0.39 is 104 Å². The lowest BCUT2D eigenvalue weighted by Gasteiger charge is -2.47. The molecule has 49 heavy (non-hydrogen) atoms. The first-order chi connectivity index (χ1) is 23.1. The van der Waals surface area contributed by atoms with Crippen LogP contribution < -0.4 is 0 Å². The summed E-state index contributed by atoms with van der Waals surface area (Å²) in [5, 5.41) is 0. The van der Waals surface area contributed by atoms with E-state index in [9.17, 15) is 33.6 Å². The average molecular weight is 707 g/mol. The van der Waals surface area contributed by atoms with Gasteiger partial charge in [0.2, 0.25) is 0 Å². The van der Waals surface area contributed by atoms with Gasteiger partial charge in [-0.15, -0.1) is 0 Å². The molecule has 2 saturated heterocycles. The molecule has 0 unspecified atom stereocenters. The van der Waals surface area contributed by atoms with Gasteiger partial charge in [-0.3, -0.25) is 33.6 Å². The van der Waals surface area contributed by atoms with Gasteiger partial charge in [0.15, 0.2) is 30.9 Å². The van der Waals surface area contributed by atoms with Crippen LogP contribution in [0.25, 0.3) is 0 Å². The second-order valence-corrected chi connectivity index (χ2v) is 11.2. The van der Waals surface area contributed by atoms with Crippen LogP contribution >= 0.6 is 0 Å². The number of carbonyl (C=O) groups is 7. The SMILES string of the molecule is COC(=O)CCCCCO[C@@H]1C[C@H](OC(C)=O)[C@H](O[C@@H]2O[C@H](COC(C)=O)[C@H](OC(C)=O)[C@H](OC(C)=O)[C@H]2OC(C)=O)[C@@H](COC(C)=O)O1. The van der Waals surface area contributed by atoms with Gasteiger partial charge >= 0.3 is 41.8 Å². The lowest BCUT2D eigenvalue weighted by atomic mass is 9.97. The van der Waals surface area contributed by atoms with E-state index in [2.05, 4.69) is 4.74 Å². The molecule has 2 heterocycles. The Morgan fingerprint density at radius 1 is 0.592 bits per heavy atom. The summed E-state index contributed by atoms with van der Waals surface area (Å²) >= 11 is 0. The van der Waals surface area contributed by atoms with E-state index in [1.807, 2.05) is 0 Å². The molecular weight excluding hydrogens is 660 g/mol. The third-order valence-electron chi connectivity index (χ3n) is 7.05. The Morgan fingerprint density at radius 3 is 1.65 bits per heavy atom. The summed E-state index contributed by atoms with van der Waals surface area (Å²) in [5.74, 6) is -4.90. The van der Waals surface area contributed by atoms with Crippen LogP contribution in [-0.4, -0.2) is 124 Å². The number of unbranched alkanes of at least 4 members (excludes halogenated alkanes) is 2. The Kier molecular flexibility index (Phi) is 17.4. The Hall–Kier alpha value is -3.87. The summed E-state index contributed by atoms with van der Waals surface area (Å²) in [6.45, 7) is 6.00. The van der Waals surface area contributed by atoms with E-state index in [4.69, 9.17) is 47.4 Å². The highest BCUT2D eigenvalue weighted by atomic mass is 16.8. The lowest BCUT2D eigenvalue weighted by molar-refractivity contribution is -0.346. The monoisotopic (exact) mass is 706 g/mol. The van der Waals surface area contributed by atoms with Crippen molar-refractivity contribution in [3.63, 3.8) is 0 Å². The fourth-order valence-electron chi connectivity index (χ4n) is 5.15. The van der Waals surface area contributed by atoms with Crippen molar-refractivity contribution in [1.29, 1.82) is 0 Å². The molecule has 18 nitrogen and oxygen atoms in total. The molecule has 9 atom stereocenters. The largest absolute Gasteiger partial charge is 0.469 e. The molecule has 2 fully saturated rings. The zero-order valence-electron chi connectivity index (χ0n) is 28.7. The summed E-state index contributed by atoms with van der Waals surface area (Å²) < 4.78 is 61.1. The molecular formula is C31H46O18. The maximum atomic E-state index is 12.3. The van der Waals surface area contributed by atoms with Crippen LogP contribution in [0.1, 0.15) is 73.6 Å². The molecule has 18 heteroatoms. The molecule has 0 saturated carbocycles. The maximum Gasteiger partial charge on any atom is 0.305 e. The number of hydrogen-bond acceptors (Lipinski definition) is 18. The minimum atomic E-state index is -1.64. The Morgan fingerprint density at radius 2 is 1.12 bits per heavy atom. The zero-order chi connectivity index (χ0) is 36.7. The number of hydrogen-bond donors (Lipinski definition) is 0. The van der Waals surface area contributed by atoms with Crippen molar-refractivity contribution in [2.24, 2.45) is 0 Å². The average Bonchev–Trinajstić information content (AvgIpc) is 2.99. The van der Waals surface area contributed by atoms with Crippen LogP contribution in [0.15, 0.2) is 0 Å². The van der Waals surface area contributed by atoms with Crippen LogP contribution in [-0.2, 0) is 85.7 Å². The zero-order valence-corrected chi connectivity index (χ0v) is 28.7. The molecule has 0 amide bonds. The minimum Gasteiger partial charge on any atom is -0.469 e. The van der Waals surface area contributed by atoms with Gasteiger partial charge in [-0.05, 0) is 12.8 Å². The standard InChI is InChI=1S/C31H46O18/c1-16(32)41-14-23-27(22(43-18(3)34)13-26(47-23)40-12-10-8-9-11-25(38)39-7)49-31-30(46-21(6)37)29(45-20(5)36)28(44-19(4)35)24(48-31)15-42-17(2)33/h22-24,26-31H,8-15H2,1-7H3/t22-,23+,24+,26-,27-,28-,29-,30+,31-/m0/s1. The summed E-state index contributed by atoms with van der Waals surface area (Å²) in [4.78, 5) is 83.6. The highest BCUT2D eigenvalue weighted by molar-refractivity contribution is 5.69. The third kappa shape index (κ3) is 14.6. The van der Waals surface area contributed by atoms with Gasteiger partial charge in [0, 0.05) is 61.0 Å². The first-order valence-corrected chi connectivity index (χ1v) is 15.7. The smallest absolute Gasteiger partial charge is 0.305 e. The molecule has 2 aliphatic rings. The van der Waals surface area contributed by atoms with Crippen LogP contribution in [0.2, 0.25) is 0 Å². The first-order valence-electron chi connectivity index (χ1n) is 15.7. The van der Waals surface area contributed by atoms with E-state index in [1.165, 1.54) is 21.0 Å². The predicted octanol–water partition coefficient (Wildman–Crippen LogP) is 0.815. The summed E-state index contributed by atoms with van der Waals surface area (Å²) in [6, 6.07) is 0. The summed E-state index contributed by atoms with van der Waals surface area (Å²) in [5.41, 5.74) is 0. The molecule has 0 aromatic carbocycles. The summed E-state index contributed by atoms with van der Waals surface area (Å²) in [6.07, 6.45) is -9.98. The van der Waals surface area contributed by atoms with Crippen LogP contribution in [0.5, 0.6) is 0 Å². The van der Waals surface area contributed by atoms with Crippen LogP contribution in [0.4, 0.5) is 0 Å². The highest BCUT2D eigenvalue weighted by Gasteiger charge is 2.55. The molecule has 0 spiro atoms. The number of methoxy groups -OCH3 is 1. The van der Waals surface area contributed by atoms with E-state index >= 15 is 0 Å². The van der Waals surface area contributed by atoms with Gasteiger partial charge in [0.25, 0.3) is 0 Å². The van der Waals surface area contributed by atoms with Gasteiger partial charge in [-0.25, -0.2) is 0 Å². The quantitative estimate of drug-likeness (QED) is 0.116. The third-order valence-corrected chi connectivity index (χ3v) is 7.05. The van der Waals surface area contributed by atoms with Gasteiger partial charge in [-0.2, -0.15) is 0 Å². The van der Waals surface area contributed by atoms with Crippen LogP contribution in [0.3, 0.4) is 0 Å². The lowest BCUT2D eigenvalue weighted by Crippen LogP contribution is -2.65. The summed E-state index contributed by atoms with van der Waals surface area (Å²) in [7, 11) is 1.31. The molecule has 0 radical (unpaired) electrons. The topological polar surface area (TPSA) is 221 Å². The molecule has 0 aliphatic carbocycles. The fraction of sp³-hybridized carbons (Fsp3) is 0.774. The van der Waals surface area contributed by atoms with Crippen molar-refractivity contribution >= 4 is 41.8 Å². The van der Waals surface area contributed by atoms with Crippen molar-refractivity contribution < 1.29 is 85.7 Å². The van der Waals surface area contributed by atoms with Crippen molar-refractivity contribution in [3.8, 4) is 0 Å². The first kappa shape index (κ1) is 41.3. The van der Waals surface area contributed by atoms with E-state index in [0.717, 1.165) is 27.7 Å². The van der Waals surface area contributed by atoms with Crippen molar-refractivity contribution in [2.75, 3.05) is 26.9 Å². The molecule has 0 bridgehead atoms. The second-order valence-electron chi connectivity index (χ2n) is 11.2. The normalized spacial score (nSPS) is 27.9. The molecule has 2 aliphatic heterocycles. The Bertz CT molecular complexity index is 1160. The molecule has 0 aromatic rings. The maximum absolute atomic E-state index is 12.3. The van der Waals surface area contributed by atoms with Crippen molar-refractivity contribution in [1.82, 2.24) is 0 Å². The number of ether oxygens (including phenoxy) is 11. The van der Waals surface area contributed by atoms with Gasteiger partial charge < -0.3 is 52.1 Å². The van der Waals surface area contributed by atoms with Gasteiger partial charge in [-0.1, -0.05) is 6.42 Å². The van der Waals surface area contributed by atoms with E-state index in [0.29, 0.717) is 19.3 Å². The number of carbonyl (C=O) groups excluding carboxylic acids is 7. The molecule has 278 valence electrons. The second kappa shape index (κ2) is 20.6. The number of rotatable bonds is 17. The Labute approximate surface area is 283 Å². The highest BCUT2D eigenvalue weighted by Crippen LogP contribution is 2.34. The van der Waals surface area contributed by atoms with Crippen LogP contribution in [0, 0.1) is 0 Å². The molecule has 2 rings (SSSR count). The minimum absolute atomic E-state index is 0.0613. The molecule has 0 aromatic heterocycles. The van der Waals surface area contributed by atoms with Gasteiger partial charge in [0.05, 0.1) is 7.11 Å². The van der Waals surface area contributed by atoms with E-state index in [-0.39, 0.29) is 25.4 Å². The van der Waals surface area contributed by atoms with Gasteiger partial charge in [0.1, 0.15) is 37.6 Å². The van der Waals surface area contributed by atoms with E-state index in [1.54, 1.807) is 0 Å².